The standard InChI is InChI=1S/C5H12N2S/c6-7-4-5-2-1-3-8-5/h5,7H,1-4,6H2. The third kappa shape index (κ3) is 1.65. The molecule has 1 fully saturated rings. The fraction of sp³-hybridized carbons (Fsp3) is 1.00. The van der Waals surface area contributed by atoms with Crippen LogP contribution in [0.5, 0.6) is 0 Å². The largest absolute Gasteiger partial charge is 0.271 e. The van der Waals surface area contributed by atoms with E-state index in [1.807, 2.05) is 11.8 Å². The second-order valence-electron chi connectivity index (χ2n) is 2.04. The summed E-state index contributed by atoms with van der Waals surface area (Å²) in [5.74, 6) is 6.47. The van der Waals surface area contributed by atoms with Gasteiger partial charge < -0.3 is 0 Å². The summed E-state index contributed by atoms with van der Waals surface area (Å²) in [5.41, 5.74) is 2.69. The van der Waals surface area contributed by atoms with Crippen molar-refractivity contribution in [2.24, 2.45) is 5.84 Å². The molecule has 1 atom stereocenters. The Hall–Kier alpha value is 0.270. The molecule has 0 saturated carbocycles. The van der Waals surface area contributed by atoms with Gasteiger partial charge in [0.2, 0.25) is 0 Å². The molecule has 1 rings (SSSR count). The van der Waals surface area contributed by atoms with Gasteiger partial charge in [0.15, 0.2) is 0 Å². The van der Waals surface area contributed by atoms with Gasteiger partial charge >= 0.3 is 0 Å². The van der Waals surface area contributed by atoms with Crippen molar-refractivity contribution in [3.8, 4) is 0 Å². The van der Waals surface area contributed by atoms with Crippen LogP contribution in [0.4, 0.5) is 0 Å². The number of nitrogens with one attached hydrogen (secondary N) is 1. The van der Waals surface area contributed by atoms with Crippen LogP contribution in [-0.2, 0) is 0 Å². The zero-order chi connectivity index (χ0) is 5.82. The van der Waals surface area contributed by atoms with Crippen molar-refractivity contribution in [2.75, 3.05) is 12.3 Å². The average Bonchev–Trinajstić information content (AvgIpc) is 2.19. The van der Waals surface area contributed by atoms with E-state index < -0.39 is 0 Å². The van der Waals surface area contributed by atoms with Gasteiger partial charge in [0, 0.05) is 11.8 Å². The molecule has 1 aliphatic heterocycles. The van der Waals surface area contributed by atoms with E-state index in [9.17, 15) is 0 Å². The van der Waals surface area contributed by atoms with Crippen LogP contribution in [0.15, 0.2) is 0 Å². The molecule has 1 heterocycles. The number of nitrogens with two attached hydrogens (primary N) is 1. The molecule has 0 radical (unpaired) electrons. The van der Waals surface area contributed by atoms with Crippen molar-refractivity contribution < 1.29 is 0 Å². The second kappa shape index (κ2) is 3.33. The second-order valence-corrected chi connectivity index (χ2v) is 3.45. The van der Waals surface area contributed by atoms with Crippen molar-refractivity contribution in [1.82, 2.24) is 5.43 Å². The summed E-state index contributed by atoms with van der Waals surface area (Å²) >= 11 is 2.02. The third-order valence-electron chi connectivity index (χ3n) is 1.37. The molecule has 0 spiro atoms. The highest BCUT2D eigenvalue weighted by atomic mass is 32.2. The Bertz CT molecular complexity index is 61.4. The van der Waals surface area contributed by atoms with Gasteiger partial charge in [0.25, 0.3) is 0 Å². The topological polar surface area (TPSA) is 38.0 Å². The Kier molecular flexibility index (Phi) is 2.66. The lowest BCUT2D eigenvalue weighted by Gasteiger charge is -2.04. The molecular formula is C5H12N2S. The average molecular weight is 132 g/mol. The third-order valence-corrected chi connectivity index (χ3v) is 2.77. The van der Waals surface area contributed by atoms with Gasteiger partial charge in [-0.05, 0) is 18.6 Å². The summed E-state index contributed by atoms with van der Waals surface area (Å²) in [5, 5.41) is 0.792. The Labute approximate surface area is 54.2 Å². The monoisotopic (exact) mass is 132 g/mol. The van der Waals surface area contributed by atoms with E-state index in [1.165, 1.54) is 18.6 Å². The van der Waals surface area contributed by atoms with Crippen LogP contribution in [0, 0.1) is 0 Å². The van der Waals surface area contributed by atoms with Gasteiger partial charge in [-0.1, -0.05) is 0 Å². The van der Waals surface area contributed by atoms with E-state index >= 15 is 0 Å². The number of rotatable bonds is 2. The first-order chi connectivity index (χ1) is 3.93. The minimum Gasteiger partial charge on any atom is -0.271 e. The highest BCUT2D eigenvalue weighted by Gasteiger charge is 2.13. The summed E-state index contributed by atoms with van der Waals surface area (Å²) in [6, 6.07) is 0. The molecular weight excluding hydrogens is 120 g/mol. The van der Waals surface area contributed by atoms with Crippen LogP contribution < -0.4 is 11.3 Å². The Morgan fingerprint density at radius 1 is 1.75 bits per heavy atom. The maximum absolute atomic E-state index is 5.14. The number of hydrogen-bond acceptors (Lipinski definition) is 3. The summed E-state index contributed by atoms with van der Waals surface area (Å²) < 4.78 is 0. The molecule has 0 aromatic carbocycles. The van der Waals surface area contributed by atoms with Crippen molar-refractivity contribution in [3.05, 3.63) is 0 Å². The molecule has 1 aliphatic rings. The molecule has 0 aromatic heterocycles. The van der Waals surface area contributed by atoms with Crippen LogP contribution in [0.2, 0.25) is 0 Å². The molecule has 0 bridgehead atoms. The zero-order valence-corrected chi connectivity index (χ0v) is 5.71. The number of hydrazine groups is 1. The highest BCUT2D eigenvalue weighted by molar-refractivity contribution is 8.00. The minimum atomic E-state index is 0.792. The Morgan fingerprint density at radius 2 is 2.62 bits per heavy atom. The Balaban J connectivity index is 2.06. The quantitative estimate of drug-likeness (QED) is 0.420. The van der Waals surface area contributed by atoms with Crippen molar-refractivity contribution in [2.45, 2.75) is 18.1 Å². The number of thioether (sulfide) groups is 1. The summed E-state index contributed by atoms with van der Waals surface area (Å²) in [7, 11) is 0. The van der Waals surface area contributed by atoms with E-state index in [1.54, 1.807) is 0 Å². The fourth-order valence-electron chi connectivity index (χ4n) is 0.937. The lowest BCUT2D eigenvalue weighted by Crippen LogP contribution is -2.29. The molecule has 2 nitrogen and oxygen atoms in total. The molecule has 1 unspecified atom stereocenters. The van der Waals surface area contributed by atoms with E-state index in [0.29, 0.717) is 0 Å². The first kappa shape index (κ1) is 6.39. The van der Waals surface area contributed by atoms with Gasteiger partial charge in [-0.15, -0.1) is 0 Å². The predicted molar refractivity (Wildman–Crippen MR) is 37.7 cm³/mol. The normalized spacial score (nSPS) is 28.9. The van der Waals surface area contributed by atoms with Crippen LogP contribution in [0.1, 0.15) is 12.8 Å². The first-order valence-corrected chi connectivity index (χ1v) is 4.03. The maximum atomic E-state index is 5.14. The van der Waals surface area contributed by atoms with Crippen molar-refractivity contribution in [1.29, 1.82) is 0 Å². The van der Waals surface area contributed by atoms with E-state index in [2.05, 4.69) is 5.43 Å². The first-order valence-electron chi connectivity index (χ1n) is 2.98. The van der Waals surface area contributed by atoms with Crippen molar-refractivity contribution in [3.63, 3.8) is 0 Å². The number of hydrogen-bond donors (Lipinski definition) is 2. The fourth-order valence-corrected chi connectivity index (χ4v) is 2.15. The lowest BCUT2D eigenvalue weighted by atomic mass is 10.2. The van der Waals surface area contributed by atoms with E-state index in [-0.39, 0.29) is 0 Å². The molecule has 48 valence electrons. The van der Waals surface area contributed by atoms with Gasteiger partial charge in [-0.3, -0.25) is 11.3 Å². The van der Waals surface area contributed by atoms with Crippen LogP contribution >= 0.6 is 11.8 Å². The molecule has 0 aromatic rings. The SMILES string of the molecule is NNCC1CCCS1. The van der Waals surface area contributed by atoms with Crippen LogP contribution in [-0.4, -0.2) is 17.5 Å². The minimum absolute atomic E-state index is 0.792. The summed E-state index contributed by atoms with van der Waals surface area (Å²) in [6.45, 7) is 0.977. The highest BCUT2D eigenvalue weighted by Crippen LogP contribution is 2.24. The van der Waals surface area contributed by atoms with Gasteiger partial charge in [0.1, 0.15) is 0 Å². The zero-order valence-electron chi connectivity index (χ0n) is 4.89. The van der Waals surface area contributed by atoms with Crippen LogP contribution in [0.25, 0.3) is 0 Å². The van der Waals surface area contributed by atoms with Crippen molar-refractivity contribution >= 4 is 11.8 Å². The van der Waals surface area contributed by atoms with E-state index in [4.69, 9.17) is 5.84 Å². The summed E-state index contributed by atoms with van der Waals surface area (Å²) in [4.78, 5) is 0. The molecule has 0 amide bonds. The van der Waals surface area contributed by atoms with Crippen LogP contribution in [0.3, 0.4) is 0 Å². The molecule has 8 heavy (non-hydrogen) atoms. The van der Waals surface area contributed by atoms with E-state index in [0.717, 1.165) is 11.8 Å². The lowest BCUT2D eigenvalue weighted by molar-refractivity contribution is 0.672. The molecule has 3 N–H and O–H groups in total. The molecule has 0 aliphatic carbocycles. The predicted octanol–water partition coefficient (Wildman–Crippen LogP) is 0.345. The smallest absolute Gasteiger partial charge is 0.0217 e. The Morgan fingerprint density at radius 3 is 3.12 bits per heavy atom. The van der Waals surface area contributed by atoms with Gasteiger partial charge in [0.05, 0.1) is 0 Å². The summed E-state index contributed by atoms with van der Waals surface area (Å²) in [6.07, 6.45) is 2.71. The molecule has 3 heteroatoms. The van der Waals surface area contributed by atoms with Gasteiger partial charge in [-0.2, -0.15) is 11.8 Å². The molecule has 1 saturated heterocycles. The van der Waals surface area contributed by atoms with Gasteiger partial charge in [-0.25, -0.2) is 0 Å². The maximum Gasteiger partial charge on any atom is 0.0217 e.